The van der Waals surface area contributed by atoms with E-state index in [1.54, 1.807) is 32.9 Å². The molecule has 4 rings (SSSR count). The van der Waals surface area contributed by atoms with Gasteiger partial charge in [0.25, 0.3) is 22.5 Å². The number of hydrogen-bond donors (Lipinski definition) is 2. The lowest BCUT2D eigenvalue weighted by Gasteiger charge is -2.11. The molecule has 0 bridgehead atoms. The predicted molar refractivity (Wildman–Crippen MR) is 171 cm³/mol. The first kappa shape index (κ1) is 39.7. The Bertz CT molecular complexity index is 1900. The fraction of sp³-hybridized carbons (Fsp3) is 0.188. The Morgan fingerprint density at radius 2 is 1.12 bits per heavy atom. The second-order valence-corrected chi connectivity index (χ2v) is 10.6. The maximum atomic E-state index is 12.7. The van der Waals surface area contributed by atoms with E-state index in [2.05, 4.69) is 5.32 Å². The molecule has 10 nitrogen and oxygen atoms in total. The molecule has 0 aliphatic rings. The van der Waals surface area contributed by atoms with E-state index < -0.39 is 44.5 Å². The van der Waals surface area contributed by atoms with Crippen molar-refractivity contribution in [3.63, 3.8) is 0 Å². The van der Waals surface area contributed by atoms with E-state index in [9.17, 15) is 56.2 Å². The second kappa shape index (κ2) is 16.1. The second-order valence-electron chi connectivity index (χ2n) is 10.2. The number of nitrogens with two attached hydrogens (primary N) is 1. The Hall–Kier alpha value is -5.51. The van der Waals surface area contributed by atoms with Crippen molar-refractivity contribution in [3.05, 3.63) is 138 Å². The van der Waals surface area contributed by atoms with Crippen LogP contribution in [0.25, 0.3) is 0 Å². The number of carbonyl (C=O) groups is 2. The van der Waals surface area contributed by atoms with Crippen LogP contribution >= 0.6 is 11.6 Å². The lowest BCUT2D eigenvalue weighted by atomic mass is 10.1. The summed E-state index contributed by atoms with van der Waals surface area (Å²) in [6.07, 6.45) is -9.00. The van der Waals surface area contributed by atoms with Gasteiger partial charge in [-0.3, -0.25) is 29.8 Å². The van der Waals surface area contributed by atoms with E-state index in [1.807, 2.05) is 0 Å². The van der Waals surface area contributed by atoms with Gasteiger partial charge in [-0.15, -0.1) is 0 Å². The van der Waals surface area contributed by atoms with Crippen molar-refractivity contribution in [1.82, 2.24) is 0 Å². The molecule has 0 fully saturated rings. The van der Waals surface area contributed by atoms with Gasteiger partial charge in [0, 0.05) is 33.5 Å². The van der Waals surface area contributed by atoms with Gasteiger partial charge in [-0.05, 0) is 81.8 Å². The van der Waals surface area contributed by atoms with Crippen LogP contribution in [0, 0.1) is 47.9 Å². The lowest BCUT2D eigenvalue weighted by Crippen LogP contribution is -2.15. The highest BCUT2D eigenvalue weighted by Gasteiger charge is 2.32. The number of carbonyl (C=O) groups excluding carboxylic acids is 2. The quantitative estimate of drug-likeness (QED) is 0.0686. The van der Waals surface area contributed by atoms with E-state index >= 15 is 0 Å². The standard InChI is InChI=1S/C16H13F3N2O3.C8H4ClF3O.C8H10N2O2/c1-9-6-7-13(10(2)14(9)21(23)24)20-15(22)11-4-3-5-12(8-11)16(17,18)19;9-7(13)5-2-1-3-6(4-5)8(10,11)12;1-5-3-4-7(9)6(2)8(5)10(11)12/h3-8H,1-2H3,(H,20,22);1-4H;3-4H,9H2,1-2H3. The van der Waals surface area contributed by atoms with Gasteiger partial charge in [0.1, 0.15) is 0 Å². The van der Waals surface area contributed by atoms with Crippen molar-refractivity contribution in [1.29, 1.82) is 0 Å². The number of alkyl halides is 6. The number of aryl methyl sites for hydroxylation is 2. The van der Waals surface area contributed by atoms with Crippen LogP contribution in [0.3, 0.4) is 0 Å². The van der Waals surface area contributed by atoms with Crippen LogP contribution < -0.4 is 11.1 Å². The summed E-state index contributed by atoms with van der Waals surface area (Å²) in [7, 11) is 0. The minimum atomic E-state index is -4.56. The average molecular weight is 713 g/mol. The normalized spacial score (nSPS) is 10.9. The summed E-state index contributed by atoms with van der Waals surface area (Å²) in [6, 6.07) is 14.2. The molecule has 17 heteroatoms. The van der Waals surface area contributed by atoms with Gasteiger partial charge in [-0.1, -0.05) is 30.3 Å². The van der Waals surface area contributed by atoms with Gasteiger partial charge in [-0.25, -0.2) is 0 Å². The number of rotatable bonds is 5. The number of amides is 1. The van der Waals surface area contributed by atoms with E-state index in [-0.39, 0.29) is 33.8 Å². The number of benzene rings is 4. The summed E-state index contributed by atoms with van der Waals surface area (Å²) in [5.41, 5.74) is 5.83. The van der Waals surface area contributed by atoms with Crippen LogP contribution in [-0.2, 0) is 12.4 Å². The van der Waals surface area contributed by atoms with E-state index in [1.165, 1.54) is 31.2 Å². The zero-order valence-electron chi connectivity index (χ0n) is 26.0. The molecule has 1 amide bonds. The van der Waals surface area contributed by atoms with Gasteiger partial charge in [-0.2, -0.15) is 26.3 Å². The van der Waals surface area contributed by atoms with Gasteiger partial charge < -0.3 is 11.1 Å². The fourth-order valence-electron chi connectivity index (χ4n) is 4.23. The fourth-order valence-corrected chi connectivity index (χ4v) is 4.35. The Balaban J connectivity index is 0.000000281. The summed E-state index contributed by atoms with van der Waals surface area (Å²) < 4.78 is 74.3. The third-order valence-corrected chi connectivity index (χ3v) is 7.01. The predicted octanol–water partition coefficient (Wildman–Crippen LogP) is 9.36. The molecule has 0 aliphatic heterocycles. The molecule has 0 spiro atoms. The van der Waals surface area contributed by atoms with Crippen molar-refractivity contribution in [2.75, 3.05) is 11.1 Å². The monoisotopic (exact) mass is 712 g/mol. The number of nitrogens with zero attached hydrogens (tertiary/aromatic N) is 2. The van der Waals surface area contributed by atoms with Crippen molar-refractivity contribution in [2.45, 2.75) is 40.0 Å². The first-order chi connectivity index (χ1) is 22.6. The van der Waals surface area contributed by atoms with E-state index in [4.69, 9.17) is 17.3 Å². The number of halogens is 7. The van der Waals surface area contributed by atoms with Crippen molar-refractivity contribution in [2.24, 2.45) is 0 Å². The van der Waals surface area contributed by atoms with Gasteiger partial charge in [0.2, 0.25) is 0 Å². The molecule has 0 atom stereocenters. The zero-order valence-corrected chi connectivity index (χ0v) is 26.8. The Kier molecular flexibility index (Phi) is 13.0. The third-order valence-electron chi connectivity index (χ3n) is 6.79. The highest BCUT2D eigenvalue weighted by molar-refractivity contribution is 6.67. The summed E-state index contributed by atoms with van der Waals surface area (Å²) in [6.45, 7) is 6.38. The molecule has 0 saturated heterocycles. The van der Waals surface area contributed by atoms with Crippen molar-refractivity contribution in [3.8, 4) is 0 Å². The molecule has 0 saturated carbocycles. The van der Waals surface area contributed by atoms with Gasteiger partial charge >= 0.3 is 12.4 Å². The number of nitro groups is 2. The molecule has 4 aromatic carbocycles. The summed E-state index contributed by atoms with van der Waals surface area (Å²) >= 11 is 5.02. The van der Waals surface area contributed by atoms with E-state index in [0.29, 0.717) is 22.4 Å². The molecule has 0 aliphatic carbocycles. The highest BCUT2D eigenvalue weighted by Crippen LogP contribution is 2.32. The third kappa shape index (κ3) is 10.8. The van der Waals surface area contributed by atoms with Crippen molar-refractivity contribution >= 4 is 45.5 Å². The average Bonchev–Trinajstić information content (AvgIpc) is 3.00. The topological polar surface area (TPSA) is 158 Å². The highest BCUT2D eigenvalue weighted by atomic mass is 35.5. The van der Waals surface area contributed by atoms with Crippen LogP contribution in [0.4, 0.5) is 49.1 Å². The molecule has 0 radical (unpaired) electrons. The minimum absolute atomic E-state index is 0.120. The molecule has 0 unspecified atom stereocenters. The number of nitrogens with one attached hydrogen (secondary N) is 1. The maximum Gasteiger partial charge on any atom is 0.416 e. The van der Waals surface area contributed by atoms with Crippen LogP contribution in [0.2, 0.25) is 0 Å². The molecule has 4 aromatic rings. The minimum Gasteiger partial charge on any atom is -0.398 e. The summed E-state index contributed by atoms with van der Waals surface area (Å²) in [5, 5.41) is 23.1. The largest absolute Gasteiger partial charge is 0.416 e. The number of anilines is 2. The molecule has 0 heterocycles. The summed E-state index contributed by atoms with van der Waals surface area (Å²) in [4.78, 5) is 43.3. The number of nitro benzene ring substituents is 2. The van der Waals surface area contributed by atoms with Gasteiger partial charge in [0.15, 0.2) is 0 Å². The number of hydrogen-bond acceptors (Lipinski definition) is 7. The molecule has 49 heavy (non-hydrogen) atoms. The van der Waals surface area contributed by atoms with Gasteiger partial charge in [0.05, 0.1) is 32.2 Å². The Labute approximate surface area is 279 Å². The van der Waals surface area contributed by atoms with Crippen LogP contribution in [0.15, 0.2) is 72.8 Å². The van der Waals surface area contributed by atoms with Crippen LogP contribution in [0.1, 0.15) is 54.1 Å². The first-order valence-corrected chi connectivity index (χ1v) is 14.0. The van der Waals surface area contributed by atoms with Crippen molar-refractivity contribution < 1.29 is 45.8 Å². The maximum absolute atomic E-state index is 12.7. The zero-order chi connectivity index (χ0) is 37.4. The van der Waals surface area contributed by atoms with Crippen LogP contribution in [0.5, 0.6) is 0 Å². The molecular weight excluding hydrogens is 686 g/mol. The smallest absolute Gasteiger partial charge is 0.398 e. The molecular formula is C32H27ClF6N4O6. The molecule has 0 aromatic heterocycles. The SMILES string of the molecule is Cc1ccc(N)c(C)c1[N+](=O)[O-].Cc1ccc(NC(=O)c2cccc(C(F)(F)F)c2)c(C)c1[N+](=O)[O-].O=C(Cl)c1cccc(C(F)(F)F)c1. The first-order valence-electron chi connectivity index (χ1n) is 13.7. The number of nitrogen functional groups attached to an aromatic ring is 1. The lowest BCUT2D eigenvalue weighted by molar-refractivity contribution is -0.386. The molecule has 3 N–H and O–H groups in total. The Morgan fingerprint density at radius 1 is 0.694 bits per heavy atom. The van der Waals surface area contributed by atoms with E-state index in [0.717, 1.165) is 36.4 Å². The molecule has 260 valence electrons. The summed E-state index contributed by atoms with van der Waals surface area (Å²) in [5.74, 6) is -0.776. The Morgan fingerprint density at radius 3 is 1.55 bits per heavy atom. The van der Waals surface area contributed by atoms with Crippen LogP contribution in [-0.4, -0.2) is 21.0 Å².